The van der Waals surface area contributed by atoms with Crippen molar-refractivity contribution in [3.05, 3.63) is 27.6 Å². The zero-order valence-electron chi connectivity index (χ0n) is 5.83. The zero-order valence-corrected chi connectivity index (χ0v) is 6.58. The molecular weight excluding hydrogens is 166 g/mol. The number of aromatic nitrogens is 2. The van der Waals surface area contributed by atoms with Gasteiger partial charge in [-0.05, 0) is 6.07 Å². The number of rotatable bonds is 2. The van der Waals surface area contributed by atoms with E-state index in [1.54, 1.807) is 0 Å². The van der Waals surface area contributed by atoms with Gasteiger partial charge in [-0.15, -0.1) is 0 Å². The largest absolute Gasteiger partial charge is 0.329 e. The quantitative estimate of drug-likeness (QED) is 0.677. The minimum absolute atomic E-state index is 0.174. The summed E-state index contributed by atoms with van der Waals surface area (Å²) >= 11 is 5.54. The van der Waals surface area contributed by atoms with E-state index in [1.807, 2.05) is 0 Å². The van der Waals surface area contributed by atoms with Gasteiger partial charge in [0.15, 0.2) is 0 Å². The molecule has 4 nitrogen and oxygen atoms in total. The molecule has 0 bridgehead atoms. The highest BCUT2D eigenvalue weighted by atomic mass is 35.5. The van der Waals surface area contributed by atoms with Crippen LogP contribution in [0.5, 0.6) is 0 Å². The monoisotopic (exact) mass is 173 g/mol. The molecule has 5 heteroatoms. The average Bonchev–Trinajstić information content (AvgIpc) is 1.99. The fourth-order valence-corrected chi connectivity index (χ4v) is 0.862. The van der Waals surface area contributed by atoms with E-state index in [1.165, 1.54) is 16.9 Å². The Kier molecular flexibility index (Phi) is 2.62. The van der Waals surface area contributed by atoms with Crippen molar-refractivity contribution in [3.63, 3.8) is 0 Å². The van der Waals surface area contributed by atoms with Crippen LogP contribution in [-0.2, 0) is 6.54 Å². The van der Waals surface area contributed by atoms with Crippen LogP contribution in [0.15, 0.2) is 17.1 Å². The summed E-state index contributed by atoms with van der Waals surface area (Å²) in [6.45, 7) is 0.784. The Labute approximate surface area is 68.6 Å². The number of nitrogens with zero attached hydrogens (tertiary/aromatic N) is 2. The van der Waals surface area contributed by atoms with Gasteiger partial charge in [-0.2, -0.15) is 5.10 Å². The second kappa shape index (κ2) is 3.50. The fourth-order valence-electron chi connectivity index (χ4n) is 0.708. The first-order chi connectivity index (χ1) is 5.25. The van der Waals surface area contributed by atoms with Gasteiger partial charge in [0.05, 0.1) is 6.54 Å². The van der Waals surface area contributed by atoms with Crippen molar-refractivity contribution in [2.24, 2.45) is 5.73 Å². The first kappa shape index (κ1) is 8.23. The third-order valence-electron chi connectivity index (χ3n) is 1.21. The molecule has 0 radical (unpaired) electrons. The molecule has 0 saturated carbocycles. The molecule has 0 aliphatic rings. The number of halogens is 1. The predicted molar refractivity (Wildman–Crippen MR) is 42.6 cm³/mol. The lowest BCUT2D eigenvalue weighted by Gasteiger charge is -1.99. The number of nitrogens with two attached hydrogens (primary N) is 1. The highest BCUT2D eigenvalue weighted by molar-refractivity contribution is 6.30. The van der Waals surface area contributed by atoms with E-state index in [0.29, 0.717) is 13.1 Å². The van der Waals surface area contributed by atoms with Gasteiger partial charge in [-0.1, -0.05) is 11.6 Å². The summed E-state index contributed by atoms with van der Waals surface area (Å²) in [5.74, 6) is 0. The van der Waals surface area contributed by atoms with Crippen molar-refractivity contribution in [2.75, 3.05) is 6.54 Å². The molecule has 1 aromatic heterocycles. The minimum Gasteiger partial charge on any atom is -0.329 e. The number of hydrogen-bond donors (Lipinski definition) is 1. The Bertz CT molecular complexity index is 296. The van der Waals surface area contributed by atoms with Gasteiger partial charge in [0, 0.05) is 12.7 Å². The lowest BCUT2D eigenvalue weighted by molar-refractivity contribution is 0.587. The molecule has 0 spiro atoms. The van der Waals surface area contributed by atoms with E-state index in [2.05, 4.69) is 5.10 Å². The van der Waals surface area contributed by atoms with Crippen molar-refractivity contribution in [1.29, 1.82) is 0 Å². The van der Waals surface area contributed by atoms with Crippen molar-refractivity contribution in [3.8, 4) is 0 Å². The molecule has 11 heavy (non-hydrogen) atoms. The van der Waals surface area contributed by atoms with Crippen LogP contribution < -0.4 is 11.3 Å². The van der Waals surface area contributed by atoms with E-state index in [0.717, 1.165) is 0 Å². The molecule has 60 valence electrons. The van der Waals surface area contributed by atoms with Crippen molar-refractivity contribution in [1.82, 2.24) is 9.78 Å². The summed E-state index contributed by atoms with van der Waals surface area (Å²) in [6.07, 6.45) is 1.47. The minimum atomic E-state index is -0.292. The molecule has 0 saturated heterocycles. The molecular formula is C6H8ClN3O. The Morgan fingerprint density at radius 1 is 1.73 bits per heavy atom. The maximum absolute atomic E-state index is 11.1. The molecule has 0 unspecified atom stereocenters. The van der Waals surface area contributed by atoms with E-state index >= 15 is 0 Å². The molecule has 2 N–H and O–H groups in total. The first-order valence-electron chi connectivity index (χ1n) is 3.17. The summed E-state index contributed by atoms with van der Waals surface area (Å²) in [5.41, 5.74) is 4.94. The first-order valence-corrected chi connectivity index (χ1v) is 3.55. The van der Waals surface area contributed by atoms with Crippen LogP contribution in [0.1, 0.15) is 0 Å². The van der Waals surface area contributed by atoms with Gasteiger partial charge < -0.3 is 5.73 Å². The second-order valence-electron chi connectivity index (χ2n) is 2.00. The van der Waals surface area contributed by atoms with E-state index in [4.69, 9.17) is 17.3 Å². The Morgan fingerprint density at radius 2 is 2.45 bits per heavy atom. The van der Waals surface area contributed by atoms with Crippen LogP contribution in [0, 0.1) is 0 Å². The molecule has 0 aliphatic carbocycles. The van der Waals surface area contributed by atoms with Crippen LogP contribution >= 0.6 is 11.6 Å². The van der Waals surface area contributed by atoms with Crippen LogP contribution in [-0.4, -0.2) is 16.3 Å². The molecule has 1 rings (SSSR count). The van der Waals surface area contributed by atoms with E-state index in [9.17, 15) is 4.79 Å². The third-order valence-corrected chi connectivity index (χ3v) is 1.49. The van der Waals surface area contributed by atoms with Crippen LogP contribution in [0.2, 0.25) is 5.02 Å². The molecule has 1 heterocycles. The van der Waals surface area contributed by atoms with E-state index < -0.39 is 0 Å². The molecule has 0 aliphatic heterocycles. The summed E-state index contributed by atoms with van der Waals surface area (Å²) in [6, 6.07) is 1.46. The van der Waals surface area contributed by atoms with Crippen LogP contribution in [0.4, 0.5) is 0 Å². The summed E-state index contributed by atoms with van der Waals surface area (Å²) in [7, 11) is 0. The van der Waals surface area contributed by atoms with E-state index in [-0.39, 0.29) is 10.6 Å². The maximum atomic E-state index is 11.1. The lowest BCUT2D eigenvalue weighted by Crippen LogP contribution is -2.26. The van der Waals surface area contributed by atoms with Gasteiger partial charge in [-0.3, -0.25) is 4.79 Å². The second-order valence-corrected chi connectivity index (χ2v) is 2.40. The molecule has 0 fully saturated rings. The Hall–Kier alpha value is -0.870. The van der Waals surface area contributed by atoms with Gasteiger partial charge in [0.1, 0.15) is 5.02 Å². The Balaban J connectivity index is 3.07. The molecule has 0 aromatic carbocycles. The summed E-state index contributed by atoms with van der Waals surface area (Å²) < 4.78 is 1.24. The van der Waals surface area contributed by atoms with Crippen LogP contribution in [0.3, 0.4) is 0 Å². The summed E-state index contributed by atoms with van der Waals surface area (Å²) in [5, 5.41) is 3.94. The standard InChI is InChI=1S/C6H8ClN3O/c7-5-1-3-9-10(4-2-8)6(5)11/h1,3H,2,4,8H2. The van der Waals surface area contributed by atoms with Crippen molar-refractivity contribution >= 4 is 11.6 Å². The highest BCUT2D eigenvalue weighted by Gasteiger charge is 1.98. The maximum Gasteiger partial charge on any atom is 0.285 e. The SMILES string of the molecule is NCCn1nccc(Cl)c1=O. The summed E-state index contributed by atoms with van der Waals surface area (Å²) in [4.78, 5) is 11.1. The molecule has 0 atom stereocenters. The number of hydrogen-bond acceptors (Lipinski definition) is 3. The van der Waals surface area contributed by atoms with Gasteiger partial charge in [0.2, 0.25) is 0 Å². The third kappa shape index (κ3) is 1.78. The average molecular weight is 174 g/mol. The normalized spacial score (nSPS) is 10.0. The van der Waals surface area contributed by atoms with Crippen molar-refractivity contribution < 1.29 is 0 Å². The smallest absolute Gasteiger partial charge is 0.285 e. The molecule has 1 aromatic rings. The predicted octanol–water partition coefficient (Wildman–Crippen LogP) is -0.145. The fraction of sp³-hybridized carbons (Fsp3) is 0.333. The zero-order chi connectivity index (χ0) is 8.27. The lowest BCUT2D eigenvalue weighted by atomic mass is 10.5. The van der Waals surface area contributed by atoms with Gasteiger partial charge in [0.25, 0.3) is 5.56 Å². The highest BCUT2D eigenvalue weighted by Crippen LogP contribution is 1.95. The topological polar surface area (TPSA) is 60.9 Å². The molecule has 0 amide bonds. The van der Waals surface area contributed by atoms with Crippen LogP contribution in [0.25, 0.3) is 0 Å². The Morgan fingerprint density at radius 3 is 3.09 bits per heavy atom. The van der Waals surface area contributed by atoms with Crippen molar-refractivity contribution in [2.45, 2.75) is 6.54 Å². The van der Waals surface area contributed by atoms with Gasteiger partial charge in [-0.25, -0.2) is 4.68 Å². The van der Waals surface area contributed by atoms with Gasteiger partial charge >= 0.3 is 0 Å².